The van der Waals surface area contributed by atoms with Crippen molar-refractivity contribution in [3.8, 4) is 0 Å². The molecule has 1 aliphatic rings. The fraction of sp³-hybridized carbons (Fsp3) is 0.545. The van der Waals surface area contributed by atoms with Crippen molar-refractivity contribution in [3.05, 3.63) is 22.9 Å². The average Bonchev–Trinajstić information content (AvgIpc) is 2.30. The molecule has 82 valence electrons. The summed E-state index contributed by atoms with van der Waals surface area (Å²) in [5.74, 6) is 1.49. The van der Waals surface area contributed by atoms with Crippen LogP contribution in [0.3, 0.4) is 0 Å². The SMILES string of the molecule is ClCC1CCN(c2ccncc2Br)CC1. The molecule has 0 atom stereocenters. The minimum absolute atomic E-state index is 0.698. The maximum absolute atomic E-state index is 5.87. The molecule has 0 aliphatic carbocycles. The van der Waals surface area contributed by atoms with E-state index in [0.29, 0.717) is 5.92 Å². The first kappa shape index (κ1) is 11.2. The van der Waals surface area contributed by atoms with Crippen molar-refractivity contribution in [2.24, 2.45) is 5.92 Å². The van der Waals surface area contributed by atoms with Crippen LogP contribution < -0.4 is 4.90 Å². The number of hydrogen-bond acceptors (Lipinski definition) is 2. The highest BCUT2D eigenvalue weighted by Gasteiger charge is 2.19. The zero-order chi connectivity index (χ0) is 10.7. The van der Waals surface area contributed by atoms with Crippen molar-refractivity contribution in [3.63, 3.8) is 0 Å². The van der Waals surface area contributed by atoms with Gasteiger partial charge in [-0.2, -0.15) is 0 Å². The van der Waals surface area contributed by atoms with Crippen LogP contribution in [0.15, 0.2) is 22.9 Å². The van der Waals surface area contributed by atoms with Crippen molar-refractivity contribution in [1.29, 1.82) is 0 Å². The highest BCUT2D eigenvalue weighted by molar-refractivity contribution is 9.10. The fourth-order valence-electron chi connectivity index (χ4n) is 1.95. The summed E-state index contributed by atoms with van der Waals surface area (Å²) in [7, 11) is 0. The smallest absolute Gasteiger partial charge is 0.0592 e. The van der Waals surface area contributed by atoms with Crippen molar-refractivity contribution in [2.45, 2.75) is 12.8 Å². The van der Waals surface area contributed by atoms with Gasteiger partial charge in [-0.05, 0) is 40.8 Å². The van der Waals surface area contributed by atoms with Crippen molar-refractivity contribution >= 4 is 33.2 Å². The Labute approximate surface area is 104 Å². The number of hydrogen-bond donors (Lipinski definition) is 0. The molecule has 1 aromatic heterocycles. The lowest BCUT2D eigenvalue weighted by molar-refractivity contribution is 0.442. The lowest BCUT2D eigenvalue weighted by Crippen LogP contribution is -2.34. The Kier molecular flexibility index (Phi) is 3.87. The van der Waals surface area contributed by atoms with E-state index in [-0.39, 0.29) is 0 Å². The number of aromatic nitrogens is 1. The monoisotopic (exact) mass is 288 g/mol. The van der Waals surface area contributed by atoms with E-state index in [1.165, 1.54) is 18.5 Å². The van der Waals surface area contributed by atoms with Crippen LogP contribution >= 0.6 is 27.5 Å². The molecule has 0 spiro atoms. The Morgan fingerprint density at radius 1 is 1.47 bits per heavy atom. The second-order valence-electron chi connectivity index (χ2n) is 3.91. The maximum Gasteiger partial charge on any atom is 0.0592 e. The van der Waals surface area contributed by atoms with E-state index in [1.54, 1.807) is 0 Å². The second-order valence-corrected chi connectivity index (χ2v) is 5.07. The van der Waals surface area contributed by atoms with Crippen molar-refractivity contribution < 1.29 is 0 Å². The molecule has 0 N–H and O–H groups in total. The summed E-state index contributed by atoms with van der Waals surface area (Å²) in [6.07, 6.45) is 6.08. The molecule has 1 saturated heterocycles. The average molecular weight is 290 g/mol. The van der Waals surface area contributed by atoms with Crippen LogP contribution in [-0.4, -0.2) is 24.0 Å². The van der Waals surface area contributed by atoms with Gasteiger partial charge in [-0.15, -0.1) is 11.6 Å². The zero-order valence-corrected chi connectivity index (χ0v) is 10.8. The molecule has 2 heterocycles. The van der Waals surface area contributed by atoms with Gasteiger partial charge in [0.2, 0.25) is 0 Å². The molecular formula is C11H14BrClN2. The Morgan fingerprint density at radius 2 is 2.20 bits per heavy atom. The summed E-state index contributed by atoms with van der Waals surface area (Å²) in [4.78, 5) is 6.47. The Balaban J connectivity index is 2.04. The standard InChI is InChI=1S/C11H14BrClN2/c12-10-8-14-4-1-11(10)15-5-2-9(7-13)3-6-15/h1,4,8-9H,2-3,5-7H2. The molecule has 0 amide bonds. The summed E-state index contributed by atoms with van der Waals surface area (Å²) >= 11 is 9.40. The predicted molar refractivity (Wildman–Crippen MR) is 67.6 cm³/mol. The van der Waals surface area contributed by atoms with Crippen LogP contribution in [0.2, 0.25) is 0 Å². The molecule has 0 saturated carbocycles. The van der Waals surface area contributed by atoms with Gasteiger partial charge in [0.1, 0.15) is 0 Å². The van der Waals surface area contributed by atoms with Gasteiger partial charge in [0, 0.05) is 31.4 Å². The van der Waals surface area contributed by atoms with Crippen LogP contribution in [0.5, 0.6) is 0 Å². The number of halogens is 2. The third kappa shape index (κ3) is 2.64. The number of alkyl halides is 1. The van der Waals surface area contributed by atoms with Crippen LogP contribution in [0, 0.1) is 5.92 Å². The Morgan fingerprint density at radius 3 is 2.80 bits per heavy atom. The van der Waals surface area contributed by atoms with E-state index in [2.05, 4.69) is 31.9 Å². The molecule has 2 nitrogen and oxygen atoms in total. The topological polar surface area (TPSA) is 16.1 Å². The first-order chi connectivity index (χ1) is 7.31. The van der Waals surface area contributed by atoms with E-state index in [9.17, 15) is 0 Å². The minimum atomic E-state index is 0.698. The molecule has 0 aromatic carbocycles. The first-order valence-corrected chi connectivity index (χ1v) is 6.54. The summed E-state index contributed by atoms with van der Waals surface area (Å²) < 4.78 is 1.08. The quantitative estimate of drug-likeness (QED) is 0.777. The summed E-state index contributed by atoms with van der Waals surface area (Å²) in [6.45, 7) is 2.19. The molecular weight excluding hydrogens is 275 g/mol. The molecule has 1 fully saturated rings. The summed E-state index contributed by atoms with van der Waals surface area (Å²) in [6, 6.07) is 2.06. The van der Waals surface area contributed by atoms with Crippen molar-refractivity contribution in [2.75, 3.05) is 23.9 Å². The zero-order valence-electron chi connectivity index (χ0n) is 8.50. The third-order valence-corrected chi connectivity index (χ3v) is 3.97. The largest absolute Gasteiger partial charge is 0.371 e. The molecule has 0 bridgehead atoms. The van der Waals surface area contributed by atoms with E-state index >= 15 is 0 Å². The Bertz CT molecular complexity index is 324. The maximum atomic E-state index is 5.87. The fourth-order valence-corrected chi connectivity index (χ4v) is 2.76. The highest BCUT2D eigenvalue weighted by atomic mass is 79.9. The van der Waals surface area contributed by atoms with Crippen LogP contribution in [0.1, 0.15) is 12.8 Å². The second kappa shape index (κ2) is 5.17. The van der Waals surface area contributed by atoms with Gasteiger partial charge in [-0.1, -0.05) is 0 Å². The van der Waals surface area contributed by atoms with Gasteiger partial charge >= 0.3 is 0 Å². The number of anilines is 1. The van der Waals surface area contributed by atoms with Crippen LogP contribution in [0.4, 0.5) is 5.69 Å². The van der Waals surface area contributed by atoms with E-state index in [0.717, 1.165) is 23.4 Å². The third-order valence-electron chi connectivity index (χ3n) is 2.92. The van der Waals surface area contributed by atoms with Crippen LogP contribution in [-0.2, 0) is 0 Å². The number of piperidine rings is 1. The lowest BCUT2D eigenvalue weighted by Gasteiger charge is -2.33. The van der Waals surface area contributed by atoms with Gasteiger partial charge in [0.15, 0.2) is 0 Å². The molecule has 1 aromatic rings. The van der Waals surface area contributed by atoms with Gasteiger partial charge in [-0.25, -0.2) is 0 Å². The Hall–Kier alpha value is -0.280. The number of pyridine rings is 1. The van der Waals surface area contributed by atoms with E-state index in [4.69, 9.17) is 11.6 Å². The highest BCUT2D eigenvalue weighted by Crippen LogP contribution is 2.29. The summed E-state index contributed by atoms with van der Waals surface area (Å²) in [5.41, 5.74) is 1.25. The van der Waals surface area contributed by atoms with Gasteiger partial charge in [0.25, 0.3) is 0 Å². The van der Waals surface area contributed by atoms with Crippen molar-refractivity contribution in [1.82, 2.24) is 4.98 Å². The molecule has 0 radical (unpaired) electrons. The summed E-state index contributed by atoms with van der Waals surface area (Å²) in [5, 5.41) is 0. The number of nitrogens with zero attached hydrogens (tertiary/aromatic N) is 2. The molecule has 2 rings (SSSR count). The predicted octanol–water partition coefficient (Wildman–Crippen LogP) is 3.30. The van der Waals surface area contributed by atoms with E-state index in [1.807, 2.05) is 12.4 Å². The van der Waals surface area contributed by atoms with Gasteiger partial charge in [0.05, 0.1) is 10.2 Å². The molecule has 0 unspecified atom stereocenters. The molecule has 15 heavy (non-hydrogen) atoms. The molecule has 4 heteroatoms. The molecule has 1 aliphatic heterocycles. The van der Waals surface area contributed by atoms with Crippen LogP contribution in [0.25, 0.3) is 0 Å². The van der Waals surface area contributed by atoms with Gasteiger partial charge < -0.3 is 4.90 Å². The minimum Gasteiger partial charge on any atom is -0.371 e. The lowest BCUT2D eigenvalue weighted by atomic mass is 9.99. The number of rotatable bonds is 2. The first-order valence-electron chi connectivity index (χ1n) is 5.21. The van der Waals surface area contributed by atoms with E-state index < -0.39 is 0 Å². The van der Waals surface area contributed by atoms with Gasteiger partial charge in [-0.3, -0.25) is 4.98 Å². The normalized spacial score (nSPS) is 18.1.